The van der Waals surface area contributed by atoms with Crippen molar-refractivity contribution in [2.24, 2.45) is 0 Å². The van der Waals surface area contributed by atoms with Crippen LogP contribution in [0.4, 0.5) is 5.82 Å². The highest BCUT2D eigenvalue weighted by Gasteiger charge is 2.52. The Morgan fingerprint density at radius 3 is 2.76 bits per heavy atom. The Balaban J connectivity index is 1.87. The van der Waals surface area contributed by atoms with Crippen molar-refractivity contribution in [3.8, 4) is 0 Å². The zero-order chi connectivity index (χ0) is 12.0. The number of amides is 1. The Morgan fingerprint density at radius 2 is 2.18 bits per heavy atom. The van der Waals surface area contributed by atoms with E-state index < -0.39 is 0 Å². The van der Waals surface area contributed by atoms with Gasteiger partial charge in [0.25, 0.3) is 0 Å². The number of rotatable bonds is 1. The van der Waals surface area contributed by atoms with E-state index in [2.05, 4.69) is 25.8 Å². The number of aromatic nitrogens is 1. The van der Waals surface area contributed by atoms with Crippen molar-refractivity contribution < 1.29 is 4.79 Å². The summed E-state index contributed by atoms with van der Waals surface area (Å²) in [5.74, 6) is 0.900. The van der Waals surface area contributed by atoms with Crippen LogP contribution in [0.1, 0.15) is 12.8 Å². The van der Waals surface area contributed by atoms with Gasteiger partial charge in [0, 0.05) is 22.8 Å². The van der Waals surface area contributed by atoms with E-state index in [1.807, 2.05) is 24.1 Å². The second-order valence-corrected chi connectivity index (χ2v) is 5.81. The Labute approximate surface area is 109 Å². The molecule has 2 heterocycles. The van der Waals surface area contributed by atoms with Gasteiger partial charge in [0.1, 0.15) is 5.82 Å². The summed E-state index contributed by atoms with van der Waals surface area (Å²) >= 11 is 3.35. The second kappa shape index (κ2) is 3.78. The molecule has 0 unspecified atom stereocenters. The average Bonchev–Trinajstić information content (AvgIpc) is 3.07. The number of carbonyl (C=O) groups excluding carboxylic acids is 1. The van der Waals surface area contributed by atoms with Gasteiger partial charge in [-0.25, -0.2) is 4.98 Å². The third kappa shape index (κ3) is 1.87. The van der Waals surface area contributed by atoms with Crippen LogP contribution in [0.25, 0.3) is 0 Å². The van der Waals surface area contributed by atoms with E-state index in [4.69, 9.17) is 0 Å². The van der Waals surface area contributed by atoms with Gasteiger partial charge in [-0.15, -0.1) is 0 Å². The molecule has 1 aromatic heterocycles. The second-order valence-electron chi connectivity index (χ2n) is 4.89. The number of hydrogen-bond donors (Lipinski definition) is 0. The number of hydrogen-bond acceptors (Lipinski definition) is 3. The van der Waals surface area contributed by atoms with E-state index in [9.17, 15) is 4.79 Å². The summed E-state index contributed by atoms with van der Waals surface area (Å²) in [6.07, 6.45) is 4.11. The van der Waals surface area contributed by atoms with Gasteiger partial charge in [-0.2, -0.15) is 0 Å². The van der Waals surface area contributed by atoms with Crippen LogP contribution in [0.3, 0.4) is 0 Å². The van der Waals surface area contributed by atoms with Crippen LogP contribution in [-0.2, 0) is 4.79 Å². The van der Waals surface area contributed by atoms with Crippen LogP contribution < -0.4 is 4.90 Å². The van der Waals surface area contributed by atoms with Gasteiger partial charge in [-0.3, -0.25) is 14.6 Å². The first-order chi connectivity index (χ1) is 8.11. The molecule has 0 N–H and O–H groups in total. The maximum Gasteiger partial charge on any atom is 0.242 e. The maximum atomic E-state index is 12.0. The molecule has 4 nitrogen and oxygen atoms in total. The van der Waals surface area contributed by atoms with Crippen LogP contribution in [0.5, 0.6) is 0 Å². The standard InChI is InChI=1S/C12H14BrN3O/c1-15-7-11(17)16(8-12(15)4-5-12)10-3-2-9(13)6-14-10/h2-3,6H,4-5,7-8H2,1H3. The third-order valence-corrected chi connectivity index (χ3v) is 4.22. The summed E-state index contributed by atoms with van der Waals surface area (Å²) in [5.41, 5.74) is 0.225. The number of nitrogens with zero attached hydrogens (tertiary/aromatic N) is 3. The SMILES string of the molecule is CN1CC(=O)N(c2ccc(Br)cn2)CC12CC2. The van der Waals surface area contributed by atoms with Crippen LogP contribution in [0.15, 0.2) is 22.8 Å². The van der Waals surface area contributed by atoms with Gasteiger partial charge < -0.3 is 0 Å². The Kier molecular flexibility index (Phi) is 2.48. The van der Waals surface area contributed by atoms with E-state index in [1.165, 1.54) is 12.8 Å². The lowest BCUT2D eigenvalue weighted by Crippen LogP contribution is -2.56. The quantitative estimate of drug-likeness (QED) is 0.791. The minimum absolute atomic E-state index is 0.139. The zero-order valence-electron chi connectivity index (χ0n) is 9.69. The van der Waals surface area contributed by atoms with Crippen LogP contribution in [-0.4, -0.2) is 41.5 Å². The number of likely N-dealkylation sites (N-methyl/N-ethyl adjacent to an activating group) is 1. The molecule has 90 valence electrons. The summed E-state index contributed by atoms with van der Waals surface area (Å²) in [7, 11) is 2.04. The monoisotopic (exact) mass is 295 g/mol. The first kappa shape index (κ1) is 11.2. The predicted octanol–water partition coefficient (Wildman–Crippen LogP) is 1.66. The minimum Gasteiger partial charge on any atom is -0.294 e. The summed E-state index contributed by atoms with van der Waals surface area (Å²) in [4.78, 5) is 20.4. The first-order valence-electron chi connectivity index (χ1n) is 5.74. The Hall–Kier alpha value is -0.940. The molecule has 1 amide bonds. The highest BCUT2D eigenvalue weighted by Crippen LogP contribution is 2.44. The van der Waals surface area contributed by atoms with Crippen molar-refractivity contribution in [1.82, 2.24) is 9.88 Å². The van der Waals surface area contributed by atoms with Crippen molar-refractivity contribution in [2.45, 2.75) is 18.4 Å². The smallest absolute Gasteiger partial charge is 0.242 e. The molecule has 1 spiro atoms. The maximum absolute atomic E-state index is 12.0. The molecule has 1 aromatic rings. The summed E-state index contributed by atoms with van der Waals surface area (Å²) in [6.45, 7) is 1.27. The highest BCUT2D eigenvalue weighted by atomic mass is 79.9. The summed E-state index contributed by atoms with van der Waals surface area (Å²) in [6, 6.07) is 3.82. The molecule has 1 aliphatic carbocycles. The summed E-state index contributed by atoms with van der Waals surface area (Å²) < 4.78 is 0.934. The molecule has 0 aromatic carbocycles. The Morgan fingerprint density at radius 1 is 1.41 bits per heavy atom. The van der Waals surface area contributed by atoms with E-state index >= 15 is 0 Å². The van der Waals surface area contributed by atoms with Crippen molar-refractivity contribution in [2.75, 3.05) is 25.0 Å². The molecule has 1 saturated carbocycles. The number of pyridine rings is 1. The van der Waals surface area contributed by atoms with E-state index in [0.29, 0.717) is 6.54 Å². The van der Waals surface area contributed by atoms with Gasteiger partial charge >= 0.3 is 0 Å². The van der Waals surface area contributed by atoms with Gasteiger partial charge in [0.05, 0.1) is 6.54 Å². The molecule has 1 aliphatic heterocycles. The Bertz CT molecular complexity index is 455. The van der Waals surface area contributed by atoms with Crippen molar-refractivity contribution in [3.63, 3.8) is 0 Å². The van der Waals surface area contributed by atoms with Gasteiger partial charge in [-0.1, -0.05) is 0 Å². The first-order valence-corrected chi connectivity index (χ1v) is 6.53. The molecule has 17 heavy (non-hydrogen) atoms. The molecular formula is C12H14BrN3O. The molecule has 0 atom stereocenters. The number of anilines is 1. The largest absolute Gasteiger partial charge is 0.294 e. The van der Waals surface area contributed by atoms with E-state index in [-0.39, 0.29) is 11.4 Å². The molecule has 1 saturated heterocycles. The van der Waals surface area contributed by atoms with Crippen molar-refractivity contribution >= 4 is 27.7 Å². The average molecular weight is 296 g/mol. The van der Waals surface area contributed by atoms with Crippen LogP contribution in [0.2, 0.25) is 0 Å². The number of carbonyl (C=O) groups is 1. The normalized spacial score (nSPS) is 23.2. The zero-order valence-corrected chi connectivity index (χ0v) is 11.3. The third-order valence-electron chi connectivity index (χ3n) is 3.75. The summed E-state index contributed by atoms with van der Waals surface area (Å²) in [5, 5.41) is 0. The van der Waals surface area contributed by atoms with E-state index in [1.54, 1.807) is 6.20 Å². The molecule has 3 rings (SSSR count). The molecule has 2 fully saturated rings. The fourth-order valence-corrected chi connectivity index (χ4v) is 2.61. The predicted molar refractivity (Wildman–Crippen MR) is 68.9 cm³/mol. The van der Waals surface area contributed by atoms with Gasteiger partial charge in [-0.05, 0) is 48.0 Å². The minimum atomic E-state index is 0.139. The lowest BCUT2D eigenvalue weighted by Gasteiger charge is -2.39. The topological polar surface area (TPSA) is 36.4 Å². The fraction of sp³-hybridized carbons (Fsp3) is 0.500. The van der Waals surface area contributed by atoms with Gasteiger partial charge in [0.15, 0.2) is 0 Å². The number of piperazine rings is 1. The lowest BCUT2D eigenvalue weighted by molar-refractivity contribution is -0.122. The molecule has 0 bridgehead atoms. The van der Waals surface area contributed by atoms with Crippen molar-refractivity contribution in [3.05, 3.63) is 22.8 Å². The highest BCUT2D eigenvalue weighted by molar-refractivity contribution is 9.10. The number of halogens is 1. The molecule has 2 aliphatic rings. The fourth-order valence-electron chi connectivity index (χ4n) is 2.38. The van der Waals surface area contributed by atoms with Crippen LogP contribution in [0, 0.1) is 0 Å². The van der Waals surface area contributed by atoms with Crippen LogP contribution >= 0.6 is 15.9 Å². The van der Waals surface area contributed by atoms with Gasteiger partial charge in [0.2, 0.25) is 5.91 Å². The lowest BCUT2D eigenvalue weighted by atomic mass is 10.1. The van der Waals surface area contributed by atoms with E-state index in [0.717, 1.165) is 16.8 Å². The molecular weight excluding hydrogens is 282 g/mol. The molecule has 5 heteroatoms. The molecule has 0 radical (unpaired) electrons. The van der Waals surface area contributed by atoms with Crippen molar-refractivity contribution in [1.29, 1.82) is 0 Å².